The van der Waals surface area contributed by atoms with Crippen molar-refractivity contribution in [2.45, 2.75) is 38.3 Å². The number of rotatable bonds is 4. The molecule has 0 aromatic heterocycles. The molecule has 1 aliphatic heterocycles. The summed E-state index contributed by atoms with van der Waals surface area (Å²) in [6.07, 6.45) is 2.08. The normalized spacial score (nSPS) is 24.5. The van der Waals surface area contributed by atoms with Gasteiger partial charge in [-0.1, -0.05) is 0 Å². The number of piperidine rings is 1. The molecule has 116 valence electrons. The minimum Gasteiger partial charge on any atom is -0.399 e. The molecule has 0 aliphatic carbocycles. The Morgan fingerprint density at radius 3 is 2.71 bits per heavy atom. The lowest BCUT2D eigenvalue weighted by Gasteiger charge is -2.41. The summed E-state index contributed by atoms with van der Waals surface area (Å²) in [6, 6.07) is 7.01. The SMILES string of the molecule is COC1(C)CCCN(C(C)C(=O)Nc2ccc(N)cc2)C1. The molecule has 0 bridgehead atoms. The highest BCUT2D eigenvalue weighted by atomic mass is 16.5. The Morgan fingerprint density at radius 1 is 1.43 bits per heavy atom. The zero-order valence-electron chi connectivity index (χ0n) is 13.1. The Hall–Kier alpha value is -1.59. The maximum absolute atomic E-state index is 12.4. The van der Waals surface area contributed by atoms with Crippen molar-refractivity contribution in [3.8, 4) is 0 Å². The minimum atomic E-state index is -0.183. The van der Waals surface area contributed by atoms with Gasteiger partial charge in [-0.3, -0.25) is 9.69 Å². The van der Waals surface area contributed by atoms with Gasteiger partial charge in [-0.2, -0.15) is 0 Å². The van der Waals surface area contributed by atoms with Crippen molar-refractivity contribution in [3.05, 3.63) is 24.3 Å². The summed E-state index contributed by atoms with van der Waals surface area (Å²) < 4.78 is 5.58. The molecule has 1 fully saturated rings. The third kappa shape index (κ3) is 3.95. The number of ether oxygens (including phenoxy) is 1. The molecule has 1 aliphatic rings. The van der Waals surface area contributed by atoms with Crippen LogP contribution in [0.1, 0.15) is 26.7 Å². The zero-order valence-corrected chi connectivity index (χ0v) is 13.1. The highest BCUT2D eigenvalue weighted by molar-refractivity contribution is 5.94. The van der Waals surface area contributed by atoms with Crippen LogP contribution in [0.5, 0.6) is 0 Å². The van der Waals surface area contributed by atoms with Gasteiger partial charge in [0.2, 0.25) is 5.91 Å². The molecule has 21 heavy (non-hydrogen) atoms. The molecule has 1 aromatic carbocycles. The number of amides is 1. The summed E-state index contributed by atoms with van der Waals surface area (Å²) in [5.74, 6) is 0.000115. The van der Waals surface area contributed by atoms with E-state index in [1.165, 1.54) is 0 Å². The van der Waals surface area contributed by atoms with Gasteiger partial charge in [-0.15, -0.1) is 0 Å². The molecule has 2 atom stereocenters. The van der Waals surface area contributed by atoms with E-state index in [9.17, 15) is 4.79 Å². The van der Waals surface area contributed by atoms with Gasteiger partial charge in [0.25, 0.3) is 0 Å². The van der Waals surface area contributed by atoms with Crippen LogP contribution in [0.2, 0.25) is 0 Å². The summed E-state index contributed by atoms with van der Waals surface area (Å²) >= 11 is 0. The quantitative estimate of drug-likeness (QED) is 0.834. The zero-order chi connectivity index (χ0) is 15.5. The summed E-state index contributed by atoms with van der Waals surface area (Å²) in [6.45, 7) is 5.74. The number of hydrogen-bond donors (Lipinski definition) is 2. The first-order valence-corrected chi connectivity index (χ1v) is 7.39. The van der Waals surface area contributed by atoms with E-state index < -0.39 is 0 Å². The Labute approximate surface area is 126 Å². The minimum absolute atomic E-state index is 0.000115. The van der Waals surface area contributed by atoms with Gasteiger partial charge in [0.05, 0.1) is 11.6 Å². The lowest BCUT2D eigenvalue weighted by atomic mass is 9.93. The number of nitrogens with zero attached hydrogens (tertiary/aromatic N) is 1. The van der Waals surface area contributed by atoms with E-state index in [1.807, 2.05) is 19.1 Å². The number of carbonyl (C=O) groups is 1. The van der Waals surface area contributed by atoms with Crippen molar-refractivity contribution < 1.29 is 9.53 Å². The largest absolute Gasteiger partial charge is 0.399 e. The molecule has 1 amide bonds. The van der Waals surface area contributed by atoms with E-state index in [2.05, 4.69) is 17.1 Å². The number of nitrogens with two attached hydrogens (primary N) is 1. The lowest BCUT2D eigenvalue weighted by molar-refractivity contribution is -0.124. The number of carbonyl (C=O) groups excluding carboxylic acids is 1. The van der Waals surface area contributed by atoms with Crippen LogP contribution in [-0.4, -0.2) is 42.6 Å². The predicted molar refractivity (Wildman–Crippen MR) is 85.2 cm³/mol. The predicted octanol–water partition coefficient (Wildman–Crippen LogP) is 2.10. The van der Waals surface area contributed by atoms with Crippen LogP contribution in [0.4, 0.5) is 11.4 Å². The van der Waals surface area contributed by atoms with E-state index in [-0.39, 0.29) is 17.6 Å². The first-order chi connectivity index (χ1) is 9.93. The van der Waals surface area contributed by atoms with Gasteiger partial charge in [0.1, 0.15) is 0 Å². The highest BCUT2D eigenvalue weighted by Crippen LogP contribution is 2.25. The van der Waals surface area contributed by atoms with E-state index in [4.69, 9.17) is 10.5 Å². The topological polar surface area (TPSA) is 67.6 Å². The molecule has 1 saturated heterocycles. The Morgan fingerprint density at radius 2 is 2.10 bits per heavy atom. The molecule has 5 nitrogen and oxygen atoms in total. The average molecular weight is 291 g/mol. The van der Waals surface area contributed by atoms with Gasteiger partial charge >= 0.3 is 0 Å². The number of likely N-dealkylation sites (tertiary alicyclic amines) is 1. The second-order valence-electron chi connectivity index (χ2n) is 6.02. The van der Waals surface area contributed by atoms with Crippen LogP contribution in [0.3, 0.4) is 0 Å². The highest BCUT2D eigenvalue weighted by Gasteiger charge is 2.34. The second-order valence-corrected chi connectivity index (χ2v) is 6.02. The lowest BCUT2D eigenvalue weighted by Crippen LogP contribution is -2.53. The van der Waals surface area contributed by atoms with Gasteiger partial charge in [-0.25, -0.2) is 0 Å². The summed E-state index contributed by atoms with van der Waals surface area (Å²) in [7, 11) is 1.74. The van der Waals surface area contributed by atoms with Crippen LogP contribution in [0.15, 0.2) is 24.3 Å². The Balaban J connectivity index is 1.97. The van der Waals surface area contributed by atoms with E-state index in [0.717, 1.165) is 31.6 Å². The monoisotopic (exact) mass is 291 g/mol. The van der Waals surface area contributed by atoms with Crippen molar-refractivity contribution in [2.75, 3.05) is 31.2 Å². The van der Waals surface area contributed by atoms with Gasteiger partial charge in [-0.05, 0) is 57.5 Å². The summed E-state index contributed by atoms with van der Waals surface area (Å²) in [5, 5.41) is 2.93. The number of anilines is 2. The number of benzene rings is 1. The van der Waals surface area contributed by atoms with Crippen LogP contribution < -0.4 is 11.1 Å². The average Bonchev–Trinajstić information content (AvgIpc) is 2.49. The fraction of sp³-hybridized carbons (Fsp3) is 0.562. The third-order valence-electron chi connectivity index (χ3n) is 4.29. The van der Waals surface area contributed by atoms with Crippen molar-refractivity contribution in [2.24, 2.45) is 0 Å². The van der Waals surface area contributed by atoms with Gasteiger partial charge < -0.3 is 15.8 Å². The van der Waals surface area contributed by atoms with Crippen LogP contribution >= 0.6 is 0 Å². The first kappa shape index (κ1) is 15.8. The molecule has 1 heterocycles. The maximum Gasteiger partial charge on any atom is 0.241 e. The third-order valence-corrected chi connectivity index (χ3v) is 4.29. The molecule has 0 saturated carbocycles. The molecule has 2 unspecified atom stereocenters. The van der Waals surface area contributed by atoms with Crippen molar-refractivity contribution in [1.29, 1.82) is 0 Å². The molecular weight excluding hydrogens is 266 g/mol. The van der Waals surface area contributed by atoms with E-state index >= 15 is 0 Å². The molecule has 5 heteroatoms. The Kier molecular flexibility index (Phi) is 4.85. The molecule has 2 rings (SSSR count). The van der Waals surface area contributed by atoms with Gasteiger partial charge in [0, 0.05) is 25.0 Å². The fourth-order valence-corrected chi connectivity index (χ4v) is 2.72. The maximum atomic E-state index is 12.4. The molecular formula is C16H25N3O2. The first-order valence-electron chi connectivity index (χ1n) is 7.39. The van der Waals surface area contributed by atoms with E-state index in [1.54, 1.807) is 19.2 Å². The number of nitrogens with one attached hydrogen (secondary N) is 1. The molecule has 1 aromatic rings. The van der Waals surface area contributed by atoms with Crippen molar-refractivity contribution in [1.82, 2.24) is 4.90 Å². The fourth-order valence-electron chi connectivity index (χ4n) is 2.72. The Bertz CT molecular complexity index is 489. The standard InChI is InChI=1S/C16H25N3O2/c1-12(19-10-4-9-16(2,11-19)21-3)15(20)18-14-7-5-13(17)6-8-14/h5-8,12H,4,9-11,17H2,1-3H3,(H,18,20). The smallest absolute Gasteiger partial charge is 0.241 e. The van der Waals surface area contributed by atoms with Crippen LogP contribution in [-0.2, 0) is 9.53 Å². The molecule has 0 spiro atoms. The number of hydrogen-bond acceptors (Lipinski definition) is 4. The number of methoxy groups -OCH3 is 1. The van der Waals surface area contributed by atoms with Crippen molar-refractivity contribution >= 4 is 17.3 Å². The van der Waals surface area contributed by atoms with Crippen LogP contribution in [0.25, 0.3) is 0 Å². The van der Waals surface area contributed by atoms with Crippen LogP contribution in [0, 0.1) is 0 Å². The van der Waals surface area contributed by atoms with E-state index in [0.29, 0.717) is 5.69 Å². The van der Waals surface area contributed by atoms with Gasteiger partial charge in [0.15, 0.2) is 0 Å². The summed E-state index contributed by atoms with van der Waals surface area (Å²) in [5.41, 5.74) is 6.94. The summed E-state index contributed by atoms with van der Waals surface area (Å²) in [4.78, 5) is 14.6. The van der Waals surface area contributed by atoms with Crippen molar-refractivity contribution in [3.63, 3.8) is 0 Å². The second kappa shape index (κ2) is 6.45. The number of nitrogen functional groups attached to an aromatic ring is 1. The molecule has 0 radical (unpaired) electrons. The molecule has 3 N–H and O–H groups in total.